The van der Waals surface area contributed by atoms with Gasteiger partial charge in [0.15, 0.2) is 4.21 Å². The fraction of sp³-hybridized carbons (Fsp3) is 0.222. The molecule has 6 nitrogen and oxygen atoms in total. The van der Waals surface area contributed by atoms with Gasteiger partial charge in [0, 0.05) is 0 Å². The number of H-pyrrole nitrogens is 1. The molecule has 2 rings (SSSR count). The van der Waals surface area contributed by atoms with Gasteiger partial charge in [0.05, 0.1) is 18.2 Å². The van der Waals surface area contributed by atoms with E-state index in [1.165, 1.54) is 18.9 Å². The van der Waals surface area contributed by atoms with Gasteiger partial charge in [0.2, 0.25) is 0 Å². The number of ether oxygens (including phenoxy) is 1. The predicted molar refractivity (Wildman–Crippen MR) is 72.0 cm³/mol. The number of hydrogen-bond acceptors (Lipinski definition) is 6. The molecule has 0 aliphatic heterocycles. The molecule has 0 aromatic carbocycles. The maximum absolute atomic E-state index is 12.2. The Bertz CT molecular complexity index is 632. The standard InChI is InChI=1S/C9H11N3O3S3/c1-15-6-3-4-17-9(6)18(13,14)12-8-7(16-2)5-10-11-8/h3-5H,1-2H3,(H2,10,11,12). The van der Waals surface area contributed by atoms with Gasteiger partial charge in [-0.25, -0.2) is 8.42 Å². The molecular weight excluding hydrogens is 294 g/mol. The number of thioether (sulfide) groups is 1. The number of aromatic nitrogens is 2. The fourth-order valence-electron chi connectivity index (χ4n) is 1.31. The minimum absolute atomic E-state index is 0.145. The van der Waals surface area contributed by atoms with Crippen molar-refractivity contribution in [3.05, 3.63) is 17.6 Å². The third-order valence-electron chi connectivity index (χ3n) is 2.12. The molecule has 0 spiro atoms. The highest BCUT2D eigenvalue weighted by atomic mass is 32.2. The summed E-state index contributed by atoms with van der Waals surface area (Å²) in [6.45, 7) is 0. The highest BCUT2D eigenvalue weighted by molar-refractivity contribution is 7.99. The molecule has 0 amide bonds. The molecule has 0 aliphatic carbocycles. The summed E-state index contributed by atoms with van der Waals surface area (Å²) in [5.41, 5.74) is 0. The van der Waals surface area contributed by atoms with Crippen LogP contribution >= 0.6 is 23.1 Å². The van der Waals surface area contributed by atoms with E-state index < -0.39 is 10.0 Å². The Balaban J connectivity index is 2.33. The van der Waals surface area contributed by atoms with Gasteiger partial charge in [-0.15, -0.1) is 23.1 Å². The van der Waals surface area contributed by atoms with E-state index in [2.05, 4.69) is 14.9 Å². The molecule has 2 heterocycles. The third-order valence-corrected chi connectivity index (χ3v) is 5.67. The van der Waals surface area contributed by atoms with Gasteiger partial charge in [-0.05, 0) is 17.7 Å². The number of hydrogen-bond donors (Lipinski definition) is 2. The molecule has 2 aromatic rings. The van der Waals surface area contributed by atoms with E-state index in [4.69, 9.17) is 4.74 Å². The van der Waals surface area contributed by atoms with Crippen LogP contribution in [0.4, 0.5) is 5.82 Å². The van der Waals surface area contributed by atoms with E-state index in [1.54, 1.807) is 17.6 Å². The van der Waals surface area contributed by atoms with Crippen LogP contribution in [-0.4, -0.2) is 32.0 Å². The molecule has 0 radical (unpaired) electrons. The summed E-state index contributed by atoms with van der Waals surface area (Å²) >= 11 is 2.50. The molecule has 0 atom stereocenters. The van der Waals surface area contributed by atoms with Crippen LogP contribution in [0.5, 0.6) is 5.75 Å². The fourth-order valence-corrected chi connectivity index (χ4v) is 4.15. The van der Waals surface area contributed by atoms with Gasteiger partial charge in [-0.1, -0.05) is 0 Å². The summed E-state index contributed by atoms with van der Waals surface area (Å²) in [6.07, 6.45) is 3.41. The summed E-state index contributed by atoms with van der Waals surface area (Å²) in [5, 5.41) is 8.08. The SMILES string of the molecule is COc1ccsc1S(=O)(=O)Nc1[nH]ncc1SC. The van der Waals surface area contributed by atoms with Crippen molar-refractivity contribution in [2.24, 2.45) is 0 Å². The van der Waals surface area contributed by atoms with E-state index in [0.717, 1.165) is 16.2 Å². The first-order chi connectivity index (χ1) is 8.58. The van der Waals surface area contributed by atoms with Gasteiger partial charge in [-0.2, -0.15) is 5.10 Å². The molecule has 2 aromatic heterocycles. The number of aromatic amines is 1. The first-order valence-electron chi connectivity index (χ1n) is 4.80. The Morgan fingerprint density at radius 2 is 2.33 bits per heavy atom. The lowest BCUT2D eigenvalue weighted by atomic mass is 10.6. The molecule has 98 valence electrons. The molecule has 0 aliphatic rings. The van der Waals surface area contributed by atoms with Crippen molar-refractivity contribution in [2.75, 3.05) is 18.1 Å². The van der Waals surface area contributed by atoms with Crippen LogP contribution in [-0.2, 0) is 10.0 Å². The Kier molecular flexibility index (Phi) is 3.83. The lowest BCUT2D eigenvalue weighted by Crippen LogP contribution is -2.13. The van der Waals surface area contributed by atoms with Crippen molar-refractivity contribution in [3.63, 3.8) is 0 Å². The maximum atomic E-state index is 12.2. The Morgan fingerprint density at radius 3 is 3.00 bits per heavy atom. The average molecular weight is 305 g/mol. The number of rotatable bonds is 5. The van der Waals surface area contributed by atoms with Crippen molar-refractivity contribution >= 4 is 38.9 Å². The van der Waals surface area contributed by atoms with E-state index in [0.29, 0.717) is 11.6 Å². The molecule has 0 bridgehead atoms. The van der Waals surface area contributed by atoms with Gasteiger partial charge in [0.1, 0.15) is 11.6 Å². The number of sulfonamides is 1. The van der Waals surface area contributed by atoms with Crippen LogP contribution in [0.15, 0.2) is 26.7 Å². The second kappa shape index (κ2) is 5.21. The lowest BCUT2D eigenvalue weighted by molar-refractivity contribution is 0.406. The monoisotopic (exact) mass is 305 g/mol. The van der Waals surface area contributed by atoms with Crippen molar-refractivity contribution < 1.29 is 13.2 Å². The molecule has 9 heteroatoms. The van der Waals surface area contributed by atoms with Gasteiger partial charge in [0.25, 0.3) is 10.0 Å². The molecule has 18 heavy (non-hydrogen) atoms. The van der Waals surface area contributed by atoms with Crippen LogP contribution in [0.1, 0.15) is 0 Å². The van der Waals surface area contributed by atoms with E-state index in [1.807, 2.05) is 6.26 Å². The van der Waals surface area contributed by atoms with E-state index in [-0.39, 0.29) is 4.21 Å². The van der Waals surface area contributed by atoms with Crippen molar-refractivity contribution in [2.45, 2.75) is 9.10 Å². The van der Waals surface area contributed by atoms with Crippen LogP contribution in [0.2, 0.25) is 0 Å². The quantitative estimate of drug-likeness (QED) is 0.825. The molecule has 2 N–H and O–H groups in total. The first kappa shape index (κ1) is 13.2. The van der Waals surface area contributed by atoms with E-state index >= 15 is 0 Å². The normalized spacial score (nSPS) is 11.4. The van der Waals surface area contributed by atoms with Crippen molar-refractivity contribution in [3.8, 4) is 5.75 Å². The number of nitrogens with zero attached hydrogens (tertiary/aromatic N) is 1. The number of nitrogens with one attached hydrogen (secondary N) is 2. The van der Waals surface area contributed by atoms with Gasteiger partial charge in [-0.3, -0.25) is 9.82 Å². The zero-order chi connectivity index (χ0) is 13.2. The maximum Gasteiger partial charge on any atom is 0.276 e. The van der Waals surface area contributed by atoms with Crippen molar-refractivity contribution in [1.82, 2.24) is 10.2 Å². The first-order valence-corrected chi connectivity index (χ1v) is 8.39. The summed E-state index contributed by atoms with van der Waals surface area (Å²) in [5.74, 6) is 0.690. The van der Waals surface area contributed by atoms with Crippen LogP contribution in [0.25, 0.3) is 0 Å². The third kappa shape index (κ3) is 2.47. The van der Waals surface area contributed by atoms with Gasteiger partial charge >= 0.3 is 0 Å². The van der Waals surface area contributed by atoms with E-state index in [9.17, 15) is 8.42 Å². The zero-order valence-corrected chi connectivity index (χ0v) is 12.1. The Morgan fingerprint density at radius 1 is 1.56 bits per heavy atom. The second-order valence-electron chi connectivity index (χ2n) is 3.20. The van der Waals surface area contributed by atoms with Gasteiger partial charge < -0.3 is 4.74 Å². The molecule has 0 saturated carbocycles. The topological polar surface area (TPSA) is 84.1 Å². The second-order valence-corrected chi connectivity index (χ2v) is 6.84. The number of anilines is 1. The summed E-state index contributed by atoms with van der Waals surface area (Å²) in [7, 11) is -2.22. The largest absolute Gasteiger partial charge is 0.494 e. The van der Waals surface area contributed by atoms with Crippen LogP contribution in [0, 0.1) is 0 Å². The van der Waals surface area contributed by atoms with Crippen molar-refractivity contribution in [1.29, 1.82) is 0 Å². The number of methoxy groups -OCH3 is 1. The summed E-state index contributed by atoms with van der Waals surface area (Å²) in [6, 6.07) is 1.61. The lowest BCUT2D eigenvalue weighted by Gasteiger charge is -2.07. The average Bonchev–Trinajstić information content (AvgIpc) is 2.95. The molecule has 0 saturated heterocycles. The predicted octanol–water partition coefficient (Wildman–Crippen LogP) is 2.00. The minimum atomic E-state index is -3.66. The zero-order valence-electron chi connectivity index (χ0n) is 9.63. The Hall–Kier alpha value is -1.19. The summed E-state index contributed by atoms with van der Waals surface area (Å²) < 4.78 is 32.0. The summed E-state index contributed by atoms with van der Waals surface area (Å²) in [4.78, 5) is 0.731. The smallest absolute Gasteiger partial charge is 0.276 e. The van der Waals surface area contributed by atoms with Crippen LogP contribution < -0.4 is 9.46 Å². The molecule has 0 unspecified atom stereocenters. The highest BCUT2D eigenvalue weighted by Gasteiger charge is 2.22. The highest BCUT2D eigenvalue weighted by Crippen LogP contribution is 2.32. The minimum Gasteiger partial charge on any atom is -0.494 e. The Labute approximate surface area is 113 Å². The molecule has 0 fully saturated rings. The molecular formula is C9H11N3O3S3. The number of thiophene rings is 1. The van der Waals surface area contributed by atoms with Crippen LogP contribution in [0.3, 0.4) is 0 Å².